The second kappa shape index (κ2) is 8.34. The van der Waals surface area contributed by atoms with Gasteiger partial charge in [-0.05, 0) is 44.9 Å². The van der Waals surface area contributed by atoms with Crippen LogP contribution in [0.5, 0.6) is 5.75 Å². The molecule has 7 heteroatoms. The number of hydrogen-bond donors (Lipinski definition) is 1. The average molecular weight is 394 g/mol. The molecule has 0 atom stereocenters. The normalized spacial score (nSPS) is 11.3. The van der Waals surface area contributed by atoms with Gasteiger partial charge in [0.25, 0.3) is 0 Å². The van der Waals surface area contributed by atoms with E-state index in [-0.39, 0.29) is 0 Å². The SMILES string of the molecule is C=CCOc1cc2c(-c3ccc(CNC(=O)OC(C)(C)C)c(C)c3)ncnn2c1. The highest BCUT2D eigenvalue weighted by Crippen LogP contribution is 2.27. The fourth-order valence-corrected chi connectivity index (χ4v) is 2.89. The predicted molar refractivity (Wildman–Crippen MR) is 112 cm³/mol. The van der Waals surface area contributed by atoms with Crippen LogP contribution < -0.4 is 10.1 Å². The number of hydrogen-bond acceptors (Lipinski definition) is 5. The molecule has 1 N–H and O–H groups in total. The Hall–Kier alpha value is -3.35. The average Bonchev–Trinajstić information content (AvgIpc) is 3.07. The van der Waals surface area contributed by atoms with Gasteiger partial charge in [0.15, 0.2) is 0 Å². The van der Waals surface area contributed by atoms with Gasteiger partial charge in [-0.3, -0.25) is 0 Å². The van der Waals surface area contributed by atoms with Crippen LogP contribution in [0.15, 0.2) is 49.4 Å². The predicted octanol–water partition coefficient (Wildman–Crippen LogP) is 4.29. The van der Waals surface area contributed by atoms with Crippen molar-refractivity contribution in [2.24, 2.45) is 0 Å². The topological polar surface area (TPSA) is 77.8 Å². The molecule has 0 spiro atoms. The third kappa shape index (κ3) is 5.13. The first-order chi connectivity index (χ1) is 13.8. The smallest absolute Gasteiger partial charge is 0.407 e. The van der Waals surface area contributed by atoms with Crippen molar-refractivity contribution in [1.82, 2.24) is 19.9 Å². The van der Waals surface area contributed by atoms with Gasteiger partial charge in [-0.15, -0.1) is 0 Å². The summed E-state index contributed by atoms with van der Waals surface area (Å²) < 4.78 is 12.6. The first-order valence-corrected chi connectivity index (χ1v) is 9.40. The second-order valence-corrected chi connectivity index (χ2v) is 7.71. The molecule has 0 aliphatic rings. The maximum absolute atomic E-state index is 11.9. The Morgan fingerprint density at radius 2 is 2.10 bits per heavy atom. The molecule has 0 bridgehead atoms. The maximum atomic E-state index is 11.9. The monoisotopic (exact) mass is 394 g/mol. The van der Waals surface area contributed by atoms with Crippen LogP contribution in [-0.2, 0) is 11.3 Å². The van der Waals surface area contributed by atoms with E-state index in [1.54, 1.807) is 10.6 Å². The third-order valence-corrected chi connectivity index (χ3v) is 4.19. The standard InChI is InChI=1S/C22H26N4O3/c1-6-9-28-18-11-19-20(24-14-25-26(19)13-18)16-7-8-17(15(2)10-16)12-23-21(27)29-22(3,4)5/h6-8,10-11,13-14H,1,9,12H2,2-5H3,(H,23,27). The van der Waals surface area contributed by atoms with Crippen LogP contribution in [0.25, 0.3) is 16.8 Å². The highest BCUT2D eigenvalue weighted by atomic mass is 16.6. The van der Waals surface area contributed by atoms with E-state index in [1.807, 2.05) is 58.2 Å². The van der Waals surface area contributed by atoms with Crippen LogP contribution in [0.3, 0.4) is 0 Å². The van der Waals surface area contributed by atoms with Gasteiger partial charge >= 0.3 is 6.09 Å². The minimum atomic E-state index is -0.521. The molecule has 0 saturated carbocycles. The van der Waals surface area contributed by atoms with Crippen LogP contribution in [0.4, 0.5) is 4.79 Å². The Kier molecular flexibility index (Phi) is 5.87. The molecule has 3 rings (SSSR count). The summed E-state index contributed by atoms with van der Waals surface area (Å²) in [6.07, 6.45) is 4.60. The van der Waals surface area contributed by atoms with E-state index in [0.717, 1.165) is 27.9 Å². The van der Waals surface area contributed by atoms with Crippen LogP contribution in [0, 0.1) is 6.92 Å². The molecule has 29 heavy (non-hydrogen) atoms. The van der Waals surface area contributed by atoms with Crippen molar-refractivity contribution in [3.63, 3.8) is 0 Å². The number of fused-ring (bicyclic) bond motifs is 1. The molecule has 0 radical (unpaired) electrons. The molecule has 1 amide bonds. The number of aryl methyl sites for hydroxylation is 1. The van der Waals surface area contributed by atoms with Crippen molar-refractivity contribution in [1.29, 1.82) is 0 Å². The minimum absolute atomic E-state index is 0.394. The summed E-state index contributed by atoms with van der Waals surface area (Å²) >= 11 is 0. The van der Waals surface area contributed by atoms with E-state index in [4.69, 9.17) is 9.47 Å². The summed E-state index contributed by atoms with van der Waals surface area (Å²) in [6.45, 7) is 12.0. The summed E-state index contributed by atoms with van der Waals surface area (Å²) in [5, 5.41) is 7.04. The number of benzene rings is 1. The number of nitrogens with one attached hydrogen (secondary N) is 1. The number of amides is 1. The molecule has 3 aromatic rings. The Morgan fingerprint density at radius 1 is 1.31 bits per heavy atom. The summed E-state index contributed by atoms with van der Waals surface area (Å²) in [7, 11) is 0. The highest BCUT2D eigenvalue weighted by molar-refractivity contribution is 5.78. The molecular formula is C22H26N4O3. The van der Waals surface area contributed by atoms with Crippen LogP contribution in [0.2, 0.25) is 0 Å². The molecule has 0 aliphatic heterocycles. The van der Waals surface area contributed by atoms with E-state index in [1.165, 1.54) is 6.33 Å². The first-order valence-electron chi connectivity index (χ1n) is 9.40. The summed E-state index contributed by atoms with van der Waals surface area (Å²) in [4.78, 5) is 16.3. The lowest BCUT2D eigenvalue weighted by molar-refractivity contribution is 0.0523. The van der Waals surface area contributed by atoms with Crippen molar-refractivity contribution >= 4 is 11.6 Å². The van der Waals surface area contributed by atoms with Gasteiger partial charge in [0.1, 0.15) is 24.3 Å². The summed E-state index contributed by atoms with van der Waals surface area (Å²) in [5.74, 6) is 0.710. The molecule has 0 saturated heterocycles. The van der Waals surface area contributed by atoms with Gasteiger partial charge < -0.3 is 14.8 Å². The van der Waals surface area contributed by atoms with E-state index >= 15 is 0 Å². The first kappa shape index (κ1) is 20.4. The number of carbonyl (C=O) groups excluding carboxylic acids is 1. The fourth-order valence-electron chi connectivity index (χ4n) is 2.89. The summed E-state index contributed by atoms with van der Waals surface area (Å²) in [6, 6.07) is 7.93. The molecule has 0 fully saturated rings. The van der Waals surface area contributed by atoms with Crippen LogP contribution >= 0.6 is 0 Å². The van der Waals surface area contributed by atoms with E-state index in [9.17, 15) is 4.79 Å². The molecule has 2 aromatic heterocycles. The number of carbonyl (C=O) groups is 1. The van der Waals surface area contributed by atoms with Gasteiger partial charge in [0.2, 0.25) is 0 Å². The largest absolute Gasteiger partial charge is 0.488 e. The quantitative estimate of drug-likeness (QED) is 0.631. The Balaban J connectivity index is 1.80. The maximum Gasteiger partial charge on any atom is 0.407 e. The Morgan fingerprint density at radius 3 is 2.79 bits per heavy atom. The molecule has 7 nitrogen and oxygen atoms in total. The van der Waals surface area contributed by atoms with Crippen molar-refractivity contribution in [3.8, 4) is 17.0 Å². The molecule has 0 aliphatic carbocycles. The Labute approximate surface area is 170 Å². The molecule has 1 aromatic carbocycles. The van der Waals surface area contributed by atoms with E-state index in [0.29, 0.717) is 18.9 Å². The number of alkyl carbamates (subject to hydrolysis) is 1. The minimum Gasteiger partial charge on any atom is -0.488 e. The number of rotatable bonds is 6. The van der Waals surface area contributed by atoms with Gasteiger partial charge in [0.05, 0.1) is 17.4 Å². The zero-order chi connectivity index (χ0) is 21.0. The van der Waals surface area contributed by atoms with Crippen LogP contribution in [-0.4, -0.2) is 32.9 Å². The third-order valence-electron chi connectivity index (χ3n) is 4.19. The number of nitrogens with zero attached hydrogens (tertiary/aromatic N) is 3. The lowest BCUT2D eigenvalue weighted by Gasteiger charge is -2.20. The number of aromatic nitrogens is 3. The second-order valence-electron chi connectivity index (χ2n) is 7.71. The molecule has 152 valence electrons. The van der Waals surface area contributed by atoms with Crippen molar-refractivity contribution < 1.29 is 14.3 Å². The van der Waals surface area contributed by atoms with Gasteiger partial charge in [-0.25, -0.2) is 14.3 Å². The zero-order valence-corrected chi connectivity index (χ0v) is 17.2. The van der Waals surface area contributed by atoms with Crippen molar-refractivity contribution in [3.05, 3.63) is 60.6 Å². The lowest BCUT2D eigenvalue weighted by Crippen LogP contribution is -2.32. The lowest BCUT2D eigenvalue weighted by atomic mass is 10.0. The molecule has 2 heterocycles. The summed E-state index contributed by atoms with van der Waals surface area (Å²) in [5.41, 5.74) is 4.16. The zero-order valence-electron chi connectivity index (χ0n) is 17.2. The van der Waals surface area contributed by atoms with Crippen LogP contribution in [0.1, 0.15) is 31.9 Å². The van der Waals surface area contributed by atoms with E-state index in [2.05, 4.69) is 22.0 Å². The molecule has 0 unspecified atom stereocenters. The fraction of sp³-hybridized carbons (Fsp3) is 0.318. The van der Waals surface area contributed by atoms with Gasteiger partial charge in [-0.1, -0.05) is 24.8 Å². The van der Waals surface area contributed by atoms with Crippen molar-refractivity contribution in [2.45, 2.75) is 39.8 Å². The molecular weight excluding hydrogens is 368 g/mol. The Bertz CT molecular complexity index is 1030. The number of ether oxygens (including phenoxy) is 2. The van der Waals surface area contributed by atoms with Gasteiger partial charge in [-0.2, -0.15) is 5.10 Å². The highest BCUT2D eigenvalue weighted by Gasteiger charge is 2.16. The van der Waals surface area contributed by atoms with E-state index < -0.39 is 11.7 Å². The van der Waals surface area contributed by atoms with Crippen molar-refractivity contribution in [2.75, 3.05) is 6.61 Å². The van der Waals surface area contributed by atoms with Gasteiger partial charge in [0, 0.05) is 18.2 Å².